The number of hydrogen-bond donors (Lipinski definition) is 1. The van der Waals surface area contributed by atoms with E-state index in [1.807, 2.05) is 0 Å². The molecule has 0 bridgehead atoms. The number of halogens is 1. The van der Waals surface area contributed by atoms with E-state index < -0.39 is 11.9 Å². The lowest BCUT2D eigenvalue weighted by molar-refractivity contribution is -0.122. The third kappa shape index (κ3) is 2.34. The Morgan fingerprint density at radius 3 is 2.76 bits per heavy atom. The van der Waals surface area contributed by atoms with Crippen molar-refractivity contribution in [2.24, 2.45) is 0 Å². The van der Waals surface area contributed by atoms with E-state index in [2.05, 4.69) is 11.9 Å². The monoisotopic (exact) mass is 306 g/mol. The van der Waals surface area contributed by atoms with Gasteiger partial charge in [-0.15, -0.1) is 6.58 Å². The fourth-order valence-electron chi connectivity index (χ4n) is 2.07. The van der Waals surface area contributed by atoms with Crippen LogP contribution in [0, 0.1) is 0 Å². The van der Waals surface area contributed by atoms with Crippen LogP contribution in [-0.2, 0) is 4.79 Å². The highest BCUT2D eigenvalue weighted by Gasteiger charge is 2.32. The lowest BCUT2D eigenvalue weighted by Gasteiger charge is -2.07. The minimum absolute atomic E-state index is 0.133. The second-order valence-corrected chi connectivity index (χ2v) is 4.83. The molecule has 21 heavy (non-hydrogen) atoms. The normalized spacial score (nSPS) is 18.3. The quantitative estimate of drug-likeness (QED) is 0.528. The summed E-state index contributed by atoms with van der Waals surface area (Å²) < 4.78 is 10.5. The van der Waals surface area contributed by atoms with Gasteiger partial charge in [0.2, 0.25) is 6.79 Å². The molecular weight excluding hydrogens is 296 g/mol. The number of imide groups is 1. The maximum Gasteiger partial charge on any atom is 0.329 e. The van der Waals surface area contributed by atoms with Crippen molar-refractivity contribution in [3.8, 4) is 11.5 Å². The summed E-state index contributed by atoms with van der Waals surface area (Å²) in [7, 11) is 0. The lowest BCUT2D eigenvalue weighted by atomic mass is 10.1. The van der Waals surface area contributed by atoms with Crippen LogP contribution in [0.25, 0.3) is 6.08 Å². The first-order chi connectivity index (χ1) is 10.1. The smallest absolute Gasteiger partial charge is 0.329 e. The first-order valence-electron chi connectivity index (χ1n) is 6.14. The molecule has 7 heteroatoms. The summed E-state index contributed by atoms with van der Waals surface area (Å²) in [4.78, 5) is 24.8. The first kappa shape index (κ1) is 13.5. The van der Waals surface area contributed by atoms with Crippen LogP contribution in [0.1, 0.15) is 5.56 Å². The molecule has 0 unspecified atom stereocenters. The molecule has 1 N–H and O–H groups in total. The average Bonchev–Trinajstić information content (AvgIpc) is 2.99. The molecule has 1 saturated heterocycles. The third-order valence-corrected chi connectivity index (χ3v) is 3.39. The van der Waals surface area contributed by atoms with Gasteiger partial charge in [0.15, 0.2) is 11.5 Å². The molecule has 108 valence electrons. The Hall–Kier alpha value is -2.47. The number of carbonyl (C=O) groups excluding carboxylic acids is 2. The summed E-state index contributed by atoms with van der Waals surface area (Å²) in [6.45, 7) is 3.79. The SMILES string of the molecule is C=CCN1C(=O)N/C(=C\c2cc3c(cc2Cl)OCO3)C1=O. The Bertz CT molecular complexity index is 684. The second kappa shape index (κ2) is 5.14. The van der Waals surface area contributed by atoms with E-state index in [-0.39, 0.29) is 19.0 Å². The Kier molecular flexibility index (Phi) is 3.31. The van der Waals surface area contributed by atoms with Crippen molar-refractivity contribution in [3.63, 3.8) is 0 Å². The fourth-order valence-corrected chi connectivity index (χ4v) is 2.27. The molecule has 0 saturated carbocycles. The van der Waals surface area contributed by atoms with E-state index in [1.165, 1.54) is 12.2 Å². The van der Waals surface area contributed by atoms with Crippen molar-refractivity contribution in [2.45, 2.75) is 0 Å². The van der Waals surface area contributed by atoms with Gasteiger partial charge in [-0.25, -0.2) is 4.79 Å². The van der Waals surface area contributed by atoms with E-state index in [0.29, 0.717) is 22.1 Å². The minimum Gasteiger partial charge on any atom is -0.454 e. The van der Waals surface area contributed by atoms with Gasteiger partial charge in [-0.05, 0) is 17.7 Å². The molecule has 6 nitrogen and oxygen atoms in total. The molecule has 3 rings (SSSR count). The molecule has 2 aliphatic rings. The number of ether oxygens (including phenoxy) is 2. The Morgan fingerprint density at radius 2 is 2.05 bits per heavy atom. The highest BCUT2D eigenvalue weighted by molar-refractivity contribution is 6.32. The highest BCUT2D eigenvalue weighted by atomic mass is 35.5. The third-order valence-electron chi connectivity index (χ3n) is 3.07. The van der Waals surface area contributed by atoms with Crippen LogP contribution < -0.4 is 14.8 Å². The number of carbonyl (C=O) groups is 2. The standard InChI is InChI=1S/C14H11ClN2O4/c1-2-3-17-13(18)10(16-14(17)19)4-8-5-11-12(6-9(8)15)21-7-20-11/h2,4-6H,1,3,7H2,(H,16,19)/b10-4-. The van der Waals surface area contributed by atoms with Gasteiger partial charge in [0, 0.05) is 12.6 Å². The molecule has 0 radical (unpaired) electrons. The molecular formula is C14H11ClN2O4. The maximum absolute atomic E-state index is 12.1. The molecule has 0 spiro atoms. The molecule has 0 aromatic heterocycles. The number of nitrogens with zero attached hydrogens (tertiary/aromatic N) is 1. The molecule has 2 aliphatic heterocycles. The van der Waals surface area contributed by atoms with E-state index in [0.717, 1.165) is 4.90 Å². The number of fused-ring (bicyclic) bond motifs is 1. The van der Waals surface area contributed by atoms with Crippen LogP contribution in [-0.4, -0.2) is 30.2 Å². The summed E-state index contributed by atoms with van der Waals surface area (Å²) in [6.07, 6.45) is 2.99. The van der Waals surface area contributed by atoms with Crippen molar-refractivity contribution in [1.29, 1.82) is 0 Å². The largest absolute Gasteiger partial charge is 0.454 e. The van der Waals surface area contributed by atoms with Gasteiger partial charge in [0.25, 0.3) is 5.91 Å². The van der Waals surface area contributed by atoms with Gasteiger partial charge in [0.1, 0.15) is 5.70 Å². The van der Waals surface area contributed by atoms with Gasteiger partial charge in [-0.2, -0.15) is 0 Å². The van der Waals surface area contributed by atoms with Crippen molar-refractivity contribution >= 4 is 29.6 Å². The molecule has 1 aromatic rings. The number of urea groups is 1. The summed E-state index contributed by atoms with van der Waals surface area (Å²) >= 11 is 6.13. The lowest BCUT2D eigenvalue weighted by Crippen LogP contribution is -2.30. The van der Waals surface area contributed by atoms with E-state index in [4.69, 9.17) is 21.1 Å². The Morgan fingerprint density at radius 1 is 1.33 bits per heavy atom. The van der Waals surface area contributed by atoms with Crippen LogP contribution in [0.3, 0.4) is 0 Å². The Labute approximate surface area is 125 Å². The molecule has 0 aliphatic carbocycles. The fraction of sp³-hybridized carbons (Fsp3) is 0.143. The first-order valence-corrected chi connectivity index (χ1v) is 6.52. The highest BCUT2D eigenvalue weighted by Crippen LogP contribution is 2.37. The van der Waals surface area contributed by atoms with Crippen LogP contribution in [0.5, 0.6) is 11.5 Å². The minimum atomic E-state index is -0.483. The molecule has 3 amide bonds. The number of amides is 3. The predicted octanol–water partition coefficient (Wildman–Crippen LogP) is 2.15. The molecule has 0 atom stereocenters. The molecule has 1 fully saturated rings. The number of benzene rings is 1. The van der Waals surface area contributed by atoms with Crippen molar-refractivity contribution in [1.82, 2.24) is 10.2 Å². The van der Waals surface area contributed by atoms with Crippen LogP contribution in [0.15, 0.2) is 30.5 Å². The van der Waals surface area contributed by atoms with Crippen LogP contribution in [0.2, 0.25) is 5.02 Å². The topological polar surface area (TPSA) is 67.9 Å². The average molecular weight is 307 g/mol. The molecule has 2 heterocycles. The summed E-state index contributed by atoms with van der Waals surface area (Å²) in [6, 6.07) is 2.79. The van der Waals surface area contributed by atoms with Crippen molar-refractivity contribution < 1.29 is 19.1 Å². The zero-order chi connectivity index (χ0) is 15.0. The summed E-state index contributed by atoms with van der Waals surface area (Å²) in [5, 5.41) is 2.90. The van der Waals surface area contributed by atoms with Gasteiger partial charge in [-0.3, -0.25) is 9.69 Å². The summed E-state index contributed by atoms with van der Waals surface area (Å²) in [5.41, 5.74) is 0.715. The van der Waals surface area contributed by atoms with Gasteiger partial charge in [0.05, 0.1) is 5.02 Å². The van der Waals surface area contributed by atoms with Crippen LogP contribution in [0.4, 0.5) is 4.79 Å². The van der Waals surface area contributed by atoms with Crippen molar-refractivity contribution in [2.75, 3.05) is 13.3 Å². The van der Waals surface area contributed by atoms with E-state index >= 15 is 0 Å². The van der Waals surface area contributed by atoms with Gasteiger partial charge >= 0.3 is 6.03 Å². The second-order valence-electron chi connectivity index (χ2n) is 4.42. The van der Waals surface area contributed by atoms with E-state index in [9.17, 15) is 9.59 Å². The number of rotatable bonds is 3. The maximum atomic E-state index is 12.1. The van der Waals surface area contributed by atoms with E-state index in [1.54, 1.807) is 12.1 Å². The van der Waals surface area contributed by atoms with Crippen LogP contribution >= 0.6 is 11.6 Å². The number of nitrogens with one attached hydrogen (secondary N) is 1. The summed E-state index contributed by atoms with van der Waals surface area (Å²) in [5.74, 6) is 0.678. The number of hydrogen-bond acceptors (Lipinski definition) is 4. The zero-order valence-electron chi connectivity index (χ0n) is 10.9. The predicted molar refractivity (Wildman–Crippen MR) is 76.0 cm³/mol. The zero-order valence-corrected chi connectivity index (χ0v) is 11.6. The van der Waals surface area contributed by atoms with Gasteiger partial charge in [-0.1, -0.05) is 17.7 Å². The molecule has 1 aromatic carbocycles. The Balaban J connectivity index is 1.94. The van der Waals surface area contributed by atoms with Crippen molar-refractivity contribution in [3.05, 3.63) is 41.1 Å². The van der Waals surface area contributed by atoms with Gasteiger partial charge < -0.3 is 14.8 Å².